The van der Waals surface area contributed by atoms with Crippen LogP contribution >= 0.6 is 0 Å². The van der Waals surface area contributed by atoms with Crippen LogP contribution in [0.2, 0.25) is 0 Å². The second-order valence-corrected chi connectivity index (χ2v) is 7.44. The third-order valence-corrected chi connectivity index (χ3v) is 5.17. The van der Waals surface area contributed by atoms with E-state index in [0.29, 0.717) is 11.3 Å². The van der Waals surface area contributed by atoms with Crippen molar-refractivity contribution in [2.24, 2.45) is 0 Å². The molecule has 2 N–H and O–H groups in total. The molecule has 2 aromatic rings. The smallest absolute Gasteiger partial charge is 0.253 e. The Morgan fingerprint density at radius 2 is 1.83 bits per heavy atom. The molecule has 3 rings (SSSR count). The van der Waals surface area contributed by atoms with Crippen molar-refractivity contribution in [3.63, 3.8) is 0 Å². The third-order valence-electron chi connectivity index (χ3n) is 5.17. The third kappa shape index (κ3) is 5.70. The molecule has 0 saturated carbocycles. The molecule has 5 heteroatoms. The summed E-state index contributed by atoms with van der Waals surface area (Å²) in [5.74, 6) is -0.326. The largest absolute Gasteiger partial charge is 0.371 e. The van der Waals surface area contributed by atoms with Gasteiger partial charge in [-0.15, -0.1) is 0 Å². The highest BCUT2D eigenvalue weighted by atomic mass is 16.2. The fourth-order valence-corrected chi connectivity index (χ4v) is 3.35. The maximum atomic E-state index is 12.9. The highest BCUT2D eigenvalue weighted by molar-refractivity contribution is 6.05. The lowest BCUT2D eigenvalue weighted by Crippen LogP contribution is -2.33. The molecular weight excluding hydrogens is 362 g/mol. The molecule has 0 bridgehead atoms. The summed E-state index contributed by atoms with van der Waals surface area (Å²) in [5.41, 5.74) is 3.11. The maximum absolute atomic E-state index is 12.9. The molecule has 29 heavy (non-hydrogen) atoms. The first kappa shape index (κ1) is 20.6. The molecule has 2 amide bonds. The van der Waals surface area contributed by atoms with Gasteiger partial charge in [-0.1, -0.05) is 37.3 Å². The van der Waals surface area contributed by atoms with Gasteiger partial charge in [-0.05, 0) is 56.0 Å². The van der Waals surface area contributed by atoms with Gasteiger partial charge in [0.05, 0.1) is 5.56 Å². The normalized spacial score (nSPS) is 14.8. The van der Waals surface area contributed by atoms with Crippen LogP contribution in [-0.4, -0.2) is 30.9 Å². The molecule has 1 unspecified atom stereocenters. The highest BCUT2D eigenvalue weighted by Crippen LogP contribution is 2.28. The number of amides is 2. The summed E-state index contributed by atoms with van der Waals surface area (Å²) in [5, 5.41) is 5.91. The van der Waals surface area contributed by atoms with Gasteiger partial charge in [0.15, 0.2) is 0 Å². The van der Waals surface area contributed by atoms with Crippen molar-refractivity contribution in [1.82, 2.24) is 5.32 Å². The van der Waals surface area contributed by atoms with E-state index in [1.165, 1.54) is 6.08 Å². The molecule has 0 aromatic heterocycles. The summed E-state index contributed by atoms with van der Waals surface area (Å²) in [6.45, 7) is 5.94. The van der Waals surface area contributed by atoms with Crippen LogP contribution in [0.5, 0.6) is 0 Å². The minimum atomic E-state index is -0.226. The highest BCUT2D eigenvalue weighted by Gasteiger charge is 2.21. The second kappa shape index (κ2) is 9.92. The predicted molar refractivity (Wildman–Crippen MR) is 119 cm³/mol. The van der Waals surface area contributed by atoms with Crippen LogP contribution in [0.4, 0.5) is 11.4 Å². The van der Waals surface area contributed by atoms with E-state index < -0.39 is 0 Å². The van der Waals surface area contributed by atoms with Crippen molar-refractivity contribution in [3.8, 4) is 0 Å². The van der Waals surface area contributed by atoms with Gasteiger partial charge in [-0.25, -0.2) is 0 Å². The van der Waals surface area contributed by atoms with E-state index in [4.69, 9.17) is 0 Å². The fourth-order valence-electron chi connectivity index (χ4n) is 3.35. The molecule has 0 aliphatic carbocycles. The Hall–Kier alpha value is -3.08. The summed E-state index contributed by atoms with van der Waals surface area (Å²) >= 11 is 0. The molecule has 1 heterocycles. The van der Waals surface area contributed by atoms with Gasteiger partial charge in [0.1, 0.15) is 0 Å². The van der Waals surface area contributed by atoms with Crippen LogP contribution < -0.4 is 15.5 Å². The summed E-state index contributed by atoms with van der Waals surface area (Å²) < 4.78 is 0. The summed E-state index contributed by atoms with van der Waals surface area (Å²) in [6.07, 6.45) is 6.41. The van der Waals surface area contributed by atoms with Gasteiger partial charge in [-0.2, -0.15) is 0 Å². The Bertz CT molecular complexity index is 871. The summed E-state index contributed by atoms with van der Waals surface area (Å²) in [6, 6.07) is 15.3. The summed E-state index contributed by atoms with van der Waals surface area (Å²) in [4.78, 5) is 27.4. The quantitative estimate of drug-likeness (QED) is 0.685. The first-order chi connectivity index (χ1) is 14.1. The van der Waals surface area contributed by atoms with Crippen LogP contribution in [0.1, 0.15) is 49.0 Å². The van der Waals surface area contributed by atoms with Crippen molar-refractivity contribution < 1.29 is 9.59 Å². The van der Waals surface area contributed by atoms with Crippen LogP contribution in [0.3, 0.4) is 0 Å². The number of nitrogens with zero attached hydrogens (tertiary/aromatic N) is 1. The van der Waals surface area contributed by atoms with Crippen molar-refractivity contribution in [2.75, 3.05) is 23.3 Å². The predicted octanol–water partition coefficient (Wildman–Crippen LogP) is 4.47. The van der Waals surface area contributed by atoms with Crippen LogP contribution in [0, 0.1) is 0 Å². The molecule has 5 nitrogen and oxygen atoms in total. The number of carbonyl (C=O) groups excluding carboxylic acids is 2. The van der Waals surface area contributed by atoms with Crippen molar-refractivity contribution in [3.05, 3.63) is 65.7 Å². The molecule has 1 fully saturated rings. The minimum Gasteiger partial charge on any atom is -0.371 e. The van der Waals surface area contributed by atoms with Crippen molar-refractivity contribution in [1.29, 1.82) is 0 Å². The van der Waals surface area contributed by atoms with E-state index in [1.54, 1.807) is 12.1 Å². The lowest BCUT2D eigenvalue weighted by Gasteiger charge is -2.22. The number of hydrogen-bond donors (Lipinski definition) is 2. The zero-order chi connectivity index (χ0) is 20.6. The molecular formula is C24H29N3O2. The van der Waals surface area contributed by atoms with Crippen LogP contribution in [-0.2, 0) is 4.79 Å². The standard InChI is InChI=1S/C24H29N3O2/c1-3-18(2)25-24(29)21-17-20(12-13-22(21)27-15-7-8-16-27)26-23(28)14-11-19-9-5-4-6-10-19/h4-6,9-14,17-18H,3,7-8,15-16H2,1-2H3,(H,25,29)(H,26,28). The molecule has 0 radical (unpaired) electrons. The molecule has 1 aliphatic rings. The number of rotatable bonds is 7. The van der Waals surface area contributed by atoms with E-state index in [9.17, 15) is 9.59 Å². The van der Waals surface area contributed by atoms with Crippen LogP contribution in [0.15, 0.2) is 54.6 Å². The van der Waals surface area contributed by atoms with Crippen LogP contribution in [0.25, 0.3) is 6.08 Å². The zero-order valence-electron chi connectivity index (χ0n) is 17.2. The molecule has 1 atom stereocenters. The monoisotopic (exact) mass is 391 g/mol. The Labute approximate surface area is 172 Å². The first-order valence-electron chi connectivity index (χ1n) is 10.3. The number of carbonyl (C=O) groups is 2. The lowest BCUT2D eigenvalue weighted by atomic mass is 10.1. The number of benzene rings is 2. The topological polar surface area (TPSA) is 61.4 Å². The SMILES string of the molecule is CCC(C)NC(=O)c1cc(NC(=O)C=Cc2ccccc2)ccc1N1CCCC1. The average Bonchev–Trinajstić information content (AvgIpc) is 3.27. The van der Waals surface area contributed by atoms with Gasteiger partial charge in [-0.3, -0.25) is 9.59 Å². The summed E-state index contributed by atoms with van der Waals surface area (Å²) in [7, 11) is 0. The lowest BCUT2D eigenvalue weighted by molar-refractivity contribution is -0.111. The molecule has 152 valence electrons. The van der Waals surface area contributed by atoms with Gasteiger partial charge in [0.2, 0.25) is 5.91 Å². The van der Waals surface area contributed by atoms with E-state index >= 15 is 0 Å². The average molecular weight is 392 g/mol. The Kier molecular flexibility index (Phi) is 7.06. The van der Waals surface area contributed by atoms with E-state index in [2.05, 4.69) is 15.5 Å². The molecule has 1 saturated heterocycles. The van der Waals surface area contributed by atoms with E-state index in [-0.39, 0.29) is 17.9 Å². The van der Waals surface area contributed by atoms with Gasteiger partial charge >= 0.3 is 0 Å². The van der Waals surface area contributed by atoms with Gasteiger partial charge in [0.25, 0.3) is 5.91 Å². The van der Waals surface area contributed by atoms with E-state index in [0.717, 1.165) is 43.6 Å². The Balaban J connectivity index is 1.78. The van der Waals surface area contributed by atoms with Crippen molar-refractivity contribution >= 4 is 29.3 Å². The molecule has 2 aromatic carbocycles. The maximum Gasteiger partial charge on any atom is 0.253 e. The first-order valence-corrected chi connectivity index (χ1v) is 10.3. The van der Waals surface area contributed by atoms with Gasteiger partial charge < -0.3 is 15.5 Å². The molecule has 0 spiro atoms. The number of nitrogens with one attached hydrogen (secondary N) is 2. The number of hydrogen-bond acceptors (Lipinski definition) is 3. The fraction of sp³-hybridized carbons (Fsp3) is 0.333. The van der Waals surface area contributed by atoms with E-state index in [1.807, 2.05) is 56.3 Å². The molecule has 1 aliphatic heterocycles. The minimum absolute atomic E-state index is 0.0981. The van der Waals surface area contributed by atoms with Gasteiger partial charge in [0, 0.05) is 36.6 Å². The Morgan fingerprint density at radius 3 is 2.52 bits per heavy atom. The Morgan fingerprint density at radius 1 is 1.10 bits per heavy atom. The van der Waals surface area contributed by atoms with Crippen molar-refractivity contribution in [2.45, 2.75) is 39.2 Å². The zero-order valence-corrected chi connectivity index (χ0v) is 17.2. The number of anilines is 2. The second-order valence-electron chi connectivity index (χ2n) is 7.44.